The molecular weight excluding hydrogens is 695 g/mol. The minimum Gasteiger partial charge on any atom is -0.371 e. The molecule has 8 aromatic rings. The predicted octanol–water partition coefficient (Wildman–Crippen LogP) is 11.9. The van der Waals surface area contributed by atoms with Crippen molar-refractivity contribution >= 4 is 39.5 Å². The molecule has 274 valence electrons. The van der Waals surface area contributed by atoms with E-state index in [0.29, 0.717) is 0 Å². The third-order valence-corrected chi connectivity index (χ3v) is 13.0. The normalized spacial score (nSPS) is 18.8. The Bertz CT molecular complexity index is 2980. The van der Waals surface area contributed by atoms with Crippen LogP contribution in [0.5, 0.6) is 0 Å². The first-order valence-electron chi connectivity index (χ1n) is 20.3. The second-order valence-corrected chi connectivity index (χ2v) is 15.8. The van der Waals surface area contributed by atoms with Gasteiger partial charge in [0.25, 0.3) is 0 Å². The van der Waals surface area contributed by atoms with Gasteiger partial charge in [-0.3, -0.25) is 9.55 Å². The molecule has 57 heavy (non-hydrogen) atoms. The molecule has 12 rings (SSSR count). The van der Waals surface area contributed by atoms with Crippen LogP contribution in [0.15, 0.2) is 164 Å². The fraction of sp³-hybridized carbons (Fsp3) is 0.135. The van der Waals surface area contributed by atoms with Gasteiger partial charge in [0, 0.05) is 64.3 Å². The summed E-state index contributed by atoms with van der Waals surface area (Å²) in [6.07, 6.45) is 20.9. The summed E-state index contributed by atoms with van der Waals surface area (Å²) in [4.78, 5) is 4.64. The quantitative estimate of drug-likeness (QED) is 0.185. The van der Waals surface area contributed by atoms with Crippen molar-refractivity contribution < 1.29 is 0 Å². The van der Waals surface area contributed by atoms with Gasteiger partial charge in [-0.2, -0.15) is 0 Å². The lowest BCUT2D eigenvalue weighted by Crippen LogP contribution is -2.35. The molecule has 2 atom stereocenters. The van der Waals surface area contributed by atoms with E-state index in [1.807, 2.05) is 12.4 Å². The molecule has 0 bridgehead atoms. The van der Waals surface area contributed by atoms with Crippen molar-refractivity contribution in [3.63, 3.8) is 0 Å². The largest absolute Gasteiger partial charge is 0.371 e. The Hall–Kier alpha value is -6.85. The van der Waals surface area contributed by atoms with Gasteiger partial charge in [0.1, 0.15) is 11.6 Å². The number of pyridine rings is 1. The second kappa shape index (κ2) is 12.6. The van der Waals surface area contributed by atoms with Crippen LogP contribution < -0.4 is 10.6 Å². The number of anilines is 2. The lowest BCUT2D eigenvalue weighted by atomic mass is 9.62. The molecule has 5 heteroatoms. The molecule has 5 nitrogen and oxygen atoms in total. The first-order valence-corrected chi connectivity index (χ1v) is 20.3. The maximum atomic E-state index is 4.64. The average Bonchev–Trinajstić information content (AvgIpc) is 3.92. The summed E-state index contributed by atoms with van der Waals surface area (Å²) in [7, 11) is 0. The highest BCUT2D eigenvalue weighted by atomic mass is 15.2. The molecular formula is C52H41N5. The van der Waals surface area contributed by atoms with E-state index in [0.717, 1.165) is 43.6 Å². The fourth-order valence-corrected chi connectivity index (χ4v) is 10.6. The number of benzene rings is 5. The van der Waals surface area contributed by atoms with Crippen LogP contribution in [0.1, 0.15) is 40.7 Å². The van der Waals surface area contributed by atoms with Gasteiger partial charge in [-0.05, 0) is 88.9 Å². The zero-order chi connectivity index (χ0) is 37.5. The average molecular weight is 736 g/mol. The Labute approximate surface area is 332 Å². The molecule has 2 aliphatic carbocycles. The molecule has 4 aliphatic rings. The van der Waals surface area contributed by atoms with Gasteiger partial charge < -0.3 is 15.2 Å². The van der Waals surface area contributed by atoms with Crippen molar-refractivity contribution in [3.05, 3.63) is 192 Å². The number of hydrogen-bond acceptors (Lipinski definition) is 3. The molecule has 0 spiro atoms. The van der Waals surface area contributed by atoms with Crippen molar-refractivity contribution in [1.82, 2.24) is 14.1 Å². The minimum absolute atomic E-state index is 0.271. The molecule has 2 N–H and O–H groups in total. The third kappa shape index (κ3) is 4.60. The highest BCUT2D eigenvalue weighted by Gasteiger charge is 2.50. The minimum atomic E-state index is -0.333. The summed E-state index contributed by atoms with van der Waals surface area (Å²) in [5.41, 5.74) is 16.2. The standard InChI is InChI=1S/C52H41N5/c1-3-11-36(12-4-1)52(37-13-5-2-6-14-37)45-18-8-7-15-43(45)48-46(52)28-27-40-44-33-53-32-29-47(44)56(49(40)48)38-23-19-34(20-24-38)35-21-25-39(26-22-35)57-50-41(16-9-30-54-50)42-17-10-31-55-51(42)57/h1-9,11-13,15-16,18-29,32-33,37,54-55H,10,14,17,30-31H2. The number of nitrogens with zero attached hydrogens (tertiary/aromatic N) is 3. The van der Waals surface area contributed by atoms with Gasteiger partial charge in [-0.1, -0.05) is 127 Å². The molecule has 2 unspecified atom stereocenters. The van der Waals surface area contributed by atoms with E-state index in [9.17, 15) is 0 Å². The molecule has 5 aromatic carbocycles. The van der Waals surface area contributed by atoms with Crippen LogP contribution in [0, 0.1) is 5.92 Å². The number of aromatic nitrogens is 3. The van der Waals surface area contributed by atoms with Gasteiger partial charge in [-0.15, -0.1) is 0 Å². The Morgan fingerprint density at radius 3 is 2.26 bits per heavy atom. The Morgan fingerprint density at radius 2 is 1.46 bits per heavy atom. The zero-order valence-corrected chi connectivity index (χ0v) is 31.6. The summed E-state index contributed by atoms with van der Waals surface area (Å²) in [6.45, 7) is 1.85. The number of rotatable bonds is 5. The topological polar surface area (TPSA) is 46.8 Å². The van der Waals surface area contributed by atoms with Crippen LogP contribution >= 0.6 is 0 Å². The van der Waals surface area contributed by atoms with Gasteiger partial charge in [0.05, 0.1) is 16.4 Å². The second-order valence-electron chi connectivity index (χ2n) is 15.8. The van der Waals surface area contributed by atoms with Gasteiger partial charge in [-0.25, -0.2) is 0 Å². The summed E-state index contributed by atoms with van der Waals surface area (Å²) in [5, 5.41) is 9.75. The highest BCUT2D eigenvalue weighted by Crippen LogP contribution is 2.60. The Morgan fingerprint density at radius 1 is 0.667 bits per heavy atom. The monoisotopic (exact) mass is 735 g/mol. The van der Waals surface area contributed by atoms with Gasteiger partial charge in [0.15, 0.2) is 0 Å². The lowest BCUT2D eigenvalue weighted by molar-refractivity contribution is 0.457. The molecule has 0 fully saturated rings. The SMILES string of the molecule is C1=CCC(C2(c3ccccc3)c3ccccc3-c3c2ccc2c4cnccc4n(-c4ccc(-c5ccc(-n6c7c(c8c6NCCC8)C=CCN7)cc5)cc4)c32)C=C1. The summed E-state index contributed by atoms with van der Waals surface area (Å²) >= 11 is 0. The predicted molar refractivity (Wildman–Crippen MR) is 236 cm³/mol. The summed E-state index contributed by atoms with van der Waals surface area (Å²) in [5.74, 6) is 2.69. The van der Waals surface area contributed by atoms with Crippen LogP contribution in [-0.2, 0) is 11.8 Å². The van der Waals surface area contributed by atoms with Crippen molar-refractivity contribution in [2.75, 3.05) is 23.7 Å². The first kappa shape index (κ1) is 32.4. The van der Waals surface area contributed by atoms with Crippen LogP contribution in [0.25, 0.3) is 61.5 Å². The number of nitrogens with one attached hydrogen (secondary N) is 2. The highest BCUT2D eigenvalue weighted by molar-refractivity contribution is 6.15. The summed E-state index contributed by atoms with van der Waals surface area (Å²) in [6, 6.07) is 45.5. The van der Waals surface area contributed by atoms with Crippen molar-refractivity contribution in [3.8, 4) is 33.6 Å². The van der Waals surface area contributed by atoms with E-state index in [-0.39, 0.29) is 11.3 Å². The van der Waals surface area contributed by atoms with Crippen molar-refractivity contribution in [2.45, 2.75) is 24.7 Å². The maximum Gasteiger partial charge on any atom is 0.120 e. The molecule has 3 aromatic heterocycles. The molecule has 2 aliphatic heterocycles. The van der Waals surface area contributed by atoms with E-state index >= 15 is 0 Å². The van der Waals surface area contributed by atoms with Crippen LogP contribution in [0.3, 0.4) is 0 Å². The van der Waals surface area contributed by atoms with Crippen molar-refractivity contribution in [2.24, 2.45) is 5.92 Å². The van der Waals surface area contributed by atoms with E-state index in [2.05, 4.69) is 183 Å². The molecule has 5 heterocycles. The van der Waals surface area contributed by atoms with E-state index < -0.39 is 0 Å². The Balaban J connectivity index is 1.01. The van der Waals surface area contributed by atoms with E-state index in [1.54, 1.807) is 0 Å². The van der Waals surface area contributed by atoms with Gasteiger partial charge >= 0.3 is 0 Å². The van der Waals surface area contributed by atoms with Crippen LogP contribution in [0.4, 0.5) is 11.6 Å². The number of fused-ring (bicyclic) bond motifs is 10. The Kier molecular flexibility index (Phi) is 7.15. The fourth-order valence-electron chi connectivity index (χ4n) is 10.6. The van der Waals surface area contributed by atoms with Crippen molar-refractivity contribution in [1.29, 1.82) is 0 Å². The van der Waals surface area contributed by atoms with E-state index in [4.69, 9.17) is 0 Å². The lowest BCUT2D eigenvalue weighted by Gasteiger charge is -2.39. The molecule has 0 saturated carbocycles. The smallest absolute Gasteiger partial charge is 0.120 e. The summed E-state index contributed by atoms with van der Waals surface area (Å²) < 4.78 is 4.86. The number of allylic oxidation sites excluding steroid dienone is 4. The molecule has 0 saturated heterocycles. The zero-order valence-electron chi connectivity index (χ0n) is 31.6. The molecule has 0 amide bonds. The third-order valence-electron chi connectivity index (χ3n) is 13.0. The maximum absolute atomic E-state index is 4.64. The van der Waals surface area contributed by atoms with Crippen LogP contribution in [0.2, 0.25) is 0 Å². The molecule has 0 radical (unpaired) electrons. The van der Waals surface area contributed by atoms with Crippen LogP contribution in [-0.4, -0.2) is 27.2 Å². The first-order chi connectivity index (χ1) is 28.3. The van der Waals surface area contributed by atoms with Gasteiger partial charge in [0.2, 0.25) is 0 Å². The number of hydrogen-bond donors (Lipinski definition) is 2. The van der Waals surface area contributed by atoms with E-state index in [1.165, 1.54) is 83.7 Å².